The molecule has 1 aromatic rings. The van der Waals surface area contributed by atoms with E-state index in [0.29, 0.717) is 0 Å². The monoisotopic (exact) mass is 244 g/mol. The van der Waals surface area contributed by atoms with Gasteiger partial charge in [0, 0.05) is 0 Å². The SMILES string of the molecule is C/C=C(\C=C/CC(C)CCC)Oc1ccccc1. The second-order valence-corrected chi connectivity index (χ2v) is 4.64. The summed E-state index contributed by atoms with van der Waals surface area (Å²) < 4.78 is 5.78. The lowest BCUT2D eigenvalue weighted by atomic mass is 10.0. The Kier molecular flexibility index (Phi) is 6.93. The molecule has 1 atom stereocenters. The summed E-state index contributed by atoms with van der Waals surface area (Å²) in [6.07, 6.45) is 9.93. The van der Waals surface area contributed by atoms with E-state index in [4.69, 9.17) is 4.74 Å². The molecule has 1 unspecified atom stereocenters. The summed E-state index contributed by atoms with van der Waals surface area (Å²) in [5, 5.41) is 0. The standard InChI is InChI=1S/C17H24O/c1-4-10-15(3)11-9-14-16(5-2)18-17-12-7-6-8-13-17/h5-9,12-15H,4,10-11H2,1-3H3/b14-9-,16-5+. The van der Waals surface area contributed by atoms with Crippen LogP contribution in [-0.4, -0.2) is 0 Å². The first kappa shape index (κ1) is 14.6. The van der Waals surface area contributed by atoms with Gasteiger partial charge in [-0.05, 0) is 43.5 Å². The van der Waals surface area contributed by atoms with E-state index < -0.39 is 0 Å². The van der Waals surface area contributed by atoms with Gasteiger partial charge in [0.1, 0.15) is 11.5 Å². The number of rotatable bonds is 7. The molecular weight excluding hydrogens is 220 g/mol. The van der Waals surface area contributed by atoms with Crippen molar-refractivity contribution < 1.29 is 4.74 Å². The molecule has 98 valence electrons. The van der Waals surface area contributed by atoms with Crippen LogP contribution in [0, 0.1) is 5.92 Å². The van der Waals surface area contributed by atoms with Gasteiger partial charge in [-0.15, -0.1) is 0 Å². The molecule has 0 N–H and O–H groups in total. The summed E-state index contributed by atoms with van der Waals surface area (Å²) in [4.78, 5) is 0. The third-order valence-electron chi connectivity index (χ3n) is 2.87. The Morgan fingerprint density at radius 3 is 2.61 bits per heavy atom. The molecule has 0 amide bonds. The maximum Gasteiger partial charge on any atom is 0.127 e. The number of benzene rings is 1. The quantitative estimate of drug-likeness (QED) is 0.464. The Morgan fingerprint density at radius 2 is 2.00 bits per heavy atom. The van der Waals surface area contributed by atoms with Crippen LogP contribution in [0.4, 0.5) is 0 Å². The van der Waals surface area contributed by atoms with Gasteiger partial charge < -0.3 is 4.74 Å². The predicted octanol–water partition coefficient (Wildman–Crippen LogP) is 5.35. The van der Waals surface area contributed by atoms with Gasteiger partial charge in [0.25, 0.3) is 0 Å². The molecule has 0 aliphatic rings. The molecule has 1 aromatic carbocycles. The zero-order valence-electron chi connectivity index (χ0n) is 11.7. The molecule has 0 radical (unpaired) electrons. The van der Waals surface area contributed by atoms with Gasteiger partial charge in [-0.25, -0.2) is 0 Å². The van der Waals surface area contributed by atoms with Crippen molar-refractivity contribution in [2.45, 2.75) is 40.0 Å². The first-order valence-electron chi connectivity index (χ1n) is 6.82. The fourth-order valence-electron chi connectivity index (χ4n) is 1.84. The maximum atomic E-state index is 5.78. The van der Waals surface area contributed by atoms with Gasteiger partial charge in [0.05, 0.1) is 0 Å². The lowest BCUT2D eigenvalue weighted by Crippen LogP contribution is -1.93. The third kappa shape index (κ3) is 5.72. The molecule has 0 aliphatic heterocycles. The number of hydrogen-bond acceptors (Lipinski definition) is 1. The highest BCUT2D eigenvalue weighted by Crippen LogP contribution is 2.15. The van der Waals surface area contributed by atoms with Crippen LogP contribution in [0.2, 0.25) is 0 Å². The van der Waals surface area contributed by atoms with E-state index in [1.54, 1.807) is 0 Å². The highest BCUT2D eigenvalue weighted by atomic mass is 16.5. The van der Waals surface area contributed by atoms with E-state index in [9.17, 15) is 0 Å². The summed E-state index contributed by atoms with van der Waals surface area (Å²) in [5.74, 6) is 2.54. The molecule has 0 aromatic heterocycles. The van der Waals surface area contributed by atoms with Crippen LogP contribution in [0.5, 0.6) is 5.75 Å². The van der Waals surface area contributed by atoms with Crippen LogP contribution >= 0.6 is 0 Å². The van der Waals surface area contributed by atoms with Crippen molar-refractivity contribution in [2.75, 3.05) is 0 Å². The van der Waals surface area contributed by atoms with Crippen LogP contribution in [0.3, 0.4) is 0 Å². The molecule has 0 heterocycles. The molecule has 18 heavy (non-hydrogen) atoms. The molecule has 1 heteroatoms. The average Bonchev–Trinajstić information content (AvgIpc) is 2.39. The lowest BCUT2D eigenvalue weighted by molar-refractivity contribution is 0.442. The Labute approximate surface area is 111 Å². The Hall–Kier alpha value is -1.50. The molecule has 0 saturated carbocycles. The van der Waals surface area contributed by atoms with Crippen LogP contribution in [-0.2, 0) is 0 Å². The van der Waals surface area contributed by atoms with Crippen LogP contribution in [0.15, 0.2) is 54.3 Å². The van der Waals surface area contributed by atoms with Crippen LogP contribution in [0.25, 0.3) is 0 Å². The molecule has 1 nitrogen and oxygen atoms in total. The summed E-state index contributed by atoms with van der Waals surface area (Å²) in [6, 6.07) is 9.89. The molecular formula is C17H24O. The van der Waals surface area contributed by atoms with Crippen molar-refractivity contribution in [3.63, 3.8) is 0 Å². The minimum Gasteiger partial charge on any atom is -0.458 e. The number of hydrogen-bond donors (Lipinski definition) is 0. The third-order valence-corrected chi connectivity index (χ3v) is 2.87. The molecule has 0 saturated heterocycles. The van der Waals surface area contributed by atoms with E-state index >= 15 is 0 Å². The van der Waals surface area contributed by atoms with Crippen molar-refractivity contribution in [1.82, 2.24) is 0 Å². The normalized spacial score (nSPS) is 13.8. The molecule has 0 aliphatic carbocycles. The smallest absolute Gasteiger partial charge is 0.127 e. The topological polar surface area (TPSA) is 9.23 Å². The van der Waals surface area contributed by atoms with Crippen molar-refractivity contribution in [2.24, 2.45) is 5.92 Å². The Morgan fingerprint density at radius 1 is 1.28 bits per heavy atom. The number of para-hydroxylation sites is 1. The van der Waals surface area contributed by atoms with Crippen molar-refractivity contribution >= 4 is 0 Å². The number of allylic oxidation sites excluding steroid dienone is 3. The highest BCUT2D eigenvalue weighted by Gasteiger charge is 1.98. The highest BCUT2D eigenvalue weighted by molar-refractivity contribution is 5.26. The van der Waals surface area contributed by atoms with Gasteiger partial charge in [-0.2, -0.15) is 0 Å². The maximum absolute atomic E-state index is 5.78. The van der Waals surface area contributed by atoms with E-state index in [1.165, 1.54) is 12.8 Å². The zero-order chi connectivity index (χ0) is 13.2. The Balaban J connectivity index is 2.46. The second-order valence-electron chi connectivity index (χ2n) is 4.64. The van der Waals surface area contributed by atoms with Crippen molar-refractivity contribution in [3.8, 4) is 5.75 Å². The van der Waals surface area contributed by atoms with E-state index in [-0.39, 0.29) is 0 Å². The largest absolute Gasteiger partial charge is 0.458 e. The van der Waals surface area contributed by atoms with Crippen molar-refractivity contribution in [1.29, 1.82) is 0 Å². The second kappa shape index (κ2) is 8.57. The molecule has 1 rings (SSSR count). The minimum atomic E-state index is 0.751. The summed E-state index contributed by atoms with van der Waals surface area (Å²) >= 11 is 0. The van der Waals surface area contributed by atoms with E-state index in [0.717, 1.165) is 23.8 Å². The molecule has 0 spiro atoms. The predicted molar refractivity (Wildman–Crippen MR) is 78.7 cm³/mol. The number of ether oxygens (including phenoxy) is 1. The zero-order valence-corrected chi connectivity index (χ0v) is 11.7. The van der Waals surface area contributed by atoms with Crippen LogP contribution in [0.1, 0.15) is 40.0 Å². The van der Waals surface area contributed by atoms with Crippen molar-refractivity contribution in [3.05, 3.63) is 54.3 Å². The average molecular weight is 244 g/mol. The lowest BCUT2D eigenvalue weighted by Gasteiger charge is -2.07. The summed E-state index contributed by atoms with van der Waals surface area (Å²) in [5.41, 5.74) is 0. The first-order valence-corrected chi connectivity index (χ1v) is 6.82. The summed E-state index contributed by atoms with van der Waals surface area (Å²) in [6.45, 7) is 6.52. The van der Waals surface area contributed by atoms with Gasteiger partial charge in [0.2, 0.25) is 0 Å². The van der Waals surface area contributed by atoms with Crippen LogP contribution < -0.4 is 4.74 Å². The Bertz CT molecular complexity index is 376. The van der Waals surface area contributed by atoms with Gasteiger partial charge >= 0.3 is 0 Å². The first-order chi connectivity index (χ1) is 8.76. The fourth-order valence-corrected chi connectivity index (χ4v) is 1.84. The van der Waals surface area contributed by atoms with Gasteiger partial charge in [0.15, 0.2) is 0 Å². The van der Waals surface area contributed by atoms with Gasteiger partial charge in [-0.3, -0.25) is 0 Å². The molecule has 0 fully saturated rings. The minimum absolute atomic E-state index is 0.751. The van der Waals surface area contributed by atoms with E-state index in [1.807, 2.05) is 43.3 Å². The molecule has 0 bridgehead atoms. The van der Waals surface area contributed by atoms with E-state index in [2.05, 4.69) is 26.0 Å². The van der Waals surface area contributed by atoms with Gasteiger partial charge in [-0.1, -0.05) is 51.0 Å². The summed E-state index contributed by atoms with van der Waals surface area (Å²) in [7, 11) is 0. The fraction of sp³-hybridized carbons (Fsp3) is 0.412.